The number of nitrogens with one attached hydrogen (secondary N) is 1. The van der Waals surface area contributed by atoms with Crippen LogP contribution in [0.5, 0.6) is 5.75 Å². The van der Waals surface area contributed by atoms with E-state index in [2.05, 4.69) is 5.32 Å². The van der Waals surface area contributed by atoms with E-state index in [0.29, 0.717) is 11.3 Å². The average molecular weight is 393 g/mol. The molecule has 0 atom stereocenters. The van der Waals surface area contributed by atoms with Gasteiger partial charge in [0.1, 0.15) is 11.2 Å². The largest absolute Gasteiger partial charge is 0.494 e. The number of carbonyl (C=O) groups excluding carboxylic acids is 2. The van der Waals surface area contributed by atoms with E-state index in [-0.39, 0.29) is 11.3 Å². The molecule has 0 bridgehead atoms. The molecule has 0 radical (unpaired) electrons. The van der Waals surface area contributed by atoms with Crippen molar-refractivity contribution >= 4 is 39.5 Å². The fourth-order valence-electron chi connectivity index (χ4n) is 3.01. The molecule has 0 aliphatic heterocycles. The lowest BCUT2D eigenvalue weighted by molar-refractivity contribution is -0.119. The number of carbonyl (C=O) groups is 2. The number of anilines is 1. The Balaban J connectivity index is 1.42. The van der Waals surface area contributed by atoms with Gasteiger partial charge in [0, 0.05) is 16.5 Å². The van der Waals surface area contributed by atoms with Crippen LogP contribution in [0.25, 0.3) is 21.9 Å². The fourth-order valence-corrected chi connectivity index (χ4v) is 3.01. The van der Waals surface area contributed by atoms with Crippen LogP contribution in [0.4, 0.5) is 10.1 Å². The van der Waals surface area contributed by atoms with Gasteiger partial charge in [-0.2, -0.15) is 0 Å². The highest BCUT2D eigenvalue weighted by Gasteiger charge is 2.14. The van der Waals surface area contributed by atoms with Gasteiger partial charge in [0.05, 0.1) is 12.7 Å². The first-order valence-electron chi connectivity index (χ1n) is 8.77. The Kier molecular flexibility index (Phi) is 4.87. The zero-order valence-corrected chi connectivity index (χ0v) is 15.4. The highest BCUT2D eigenvalue weighted by molar-refractivity contribution is 6.07. The monoisotopic (exact) mass is 393 g/mol. The molecular formula is C22H16FNO5. The molecular weight excluding hydrogens is 377 g/mol. The van der Waals surface area contributed by atoms with E-state index < -0.39 is 24.3 Å². The smallest absolute Gasteiger partial charge is 0.338 e. The van der Waals surface area contributed by atoms with Crippen molar-refractivity contribution in [3.05, 3.63) is 72.0 Å². The number of esters is 1. The molecule has 1 aromatic heterocycles. The maximum Gasteiger partial charge on any atom is 0.338 e. The molecule has 3 aromatic carbocycles. The van der Waals surface area contributed by atoms with E-state index in [4.69, 9.17) is 13.9 Å². The Morgan fingerprint density at radius 1 is 1.00 bits per heavy atom. The Morgan fingerprint density at radius 2 is 1.79 bits per heavy atom. The highest BCUT2D eigenvalue weighted by Crippen LogP contribution is 2.30. The second-order valence-corrected chi connectivity index (χ2v) is 6.28. The third-order valence-corrected chi connectivity index (χ3v) is 4.38. The molecule has 0 spiro atoms. The molecule has 4 aromatic rings. The molecule has 6 nitrogen and oxygen atoms in total. The summed E-state index contributed by atoms with van der Waals surface area (Å²) in [5.74, 6) is -1.99. The minimum Gasteiger partial charge on any atom is -0.494 e. The zero-order valence-electron chi connectivity index (χ0n) is 15.4. The summed E-state index contributed by atoms with van der Waals surface area (Å²) in [5.41, 5.74) is 1.99. The summed E-state index contributed by atoms with van der Waals surface area (Å²) in [6, 6.07) is 16.5. The number of furan rings is 1. The average Bonchev–Trinajstić information content (AvgIpc) is 3.10. The van der Waals surface area contributed by atoms with Crippen molar-refractivity contribution in [3.8, 4) is 5.75 Å². The number of rotatable bonds is 5. The first kappa shape index (κ1) is 18.5. The summed E-state index contributed by atoms with van der Waals surface area (Å²) in [6.45, 7) is -0.503. The fraction of sp³-hybridized carbons (Fsp3) is 0.0909. The predicted octanol–water partition coefficient (Wildman–Crippen LogP) is 4.53. The number of halogens is 1. The van der Waals surface area contributed by atoms with Crippen molar-refractivity contribution in [2.45, 2.75) is 0 Å². The molecule has 0 aliphatic carbocycles. The number of benzene rings is 3. The van der Waals surface area contributed by atoms with Crippen molar-refractivity contribution in [1.82, 2.24) is 0 Å². The van der Waals surface area contributed by atoms with E-state index in [1.54, 1.807) is 18.2 Å². The first-order chi connectivity index (χ1) is 14.0. The molecule has 29 heavy (non-hydrogen) atoms. The molecule has 0 unspecified atom stereocenters. The van der Waals surface area contributed by atoms with E-state index in [0.717, 1.165) is 22.4 Å². The normalized spacial score (nSPS) is 10.8. The second kappa shape index (κ2) is 7.63. The standard InChI is InChI=1S/C22H16FNO5/c1-27-20-8-6-13(10-17(20)23)22(26)28-12-21(25)24-14-7-9-19-16(11-14)15-4-2-3-5-18(15)29-19/h2-11H,12H2,1H3,(H,24,25). The molecule has 1 amide bonds. The van der Waals surface area contributed by atoms with Crippen molar-refractivity contribution in [1.29, 1.82) is 0 Å². The lowest BCUT2D eigenvalue weighted by Gasteiger charge is -2.08. The summed E-state index contributed by atoms with van der Waals surface area (Å²) < 4.78 is 29.2. The lowest BCUT2D eigenvalue weighted by atomic mass is 10.1. The molecule has 0 saturated carbocycles. The van der Waals surface area contributed by atoms with Crippen LogP contribution in [0.15, 0.2) is 65.1 Å². The van der Waals surface area contributed by atoms with Crippen molar-refractivity contribution in [3.63, 3.8) is 0 Å². The molecule has 1 N–H and O–H groups in total. The Labute approximate surface area is 164 Å². The molecule has 0 saturated heterocycles. The SMILES string of the molecule is COc1ccc(C(=O)OCC(=O)Nc2ccc3oc4ccccc4c3c2)cc1F. The molecule has 0 fully saturated rings. The van der Waals surface area contributed by atoms with Crippen LogP contribution < -0.4 is 10.1 Å². The lowest BCUT2D eigenvalue weighted by Crippen LogP contribution is -2.21. The predicted molar refractivity (Wildman–Crippen MR) is 106 cm³/mol. The summed E-state index contributed by atoms with van der Waals surface area (Å²) in [7, 11) is 1.32. The van der Waals surface area contributed by atoms with Gasteiger partial charge in [0.2, 0.25) is 0 Å². The number of hydrogen-bond acceptors (Lipinski definition) is 5. The van der Waals surface area contributed by atoms with Gasteiger partial charge >= 0.3 is 5.97 Å². The van der Waals surface area contributed by atoms with Crippen LogP contribution in [0, 0.1) is 5.82 Å². The number of ether oxygens (including phenoxy) is 2. The number of hydrogen-bond donors (Lipinski definition) is 1. The summed E-state index contributed by atoms with van der Waals surface area (Å²) in [4.78, 5) is 24.2. The maximum atomic E-state index is 13.7. The number of methoxy groups -OCH3 is 1. The second-order valence-electron chi connectivity index (χ2n) is 6.28. The summed E-state index contributed by atoms with van der Waals surface area (Å²) in [6.07, 6.45) is 0. The van der Waals surface area contributed by atoms with Crippen molar-refractivity contribution in [2.24, 2.45) is 0 Å². The van der Waals surface area contributed by atoms with Crippen molar-refractivity contribution < 1.29 is 27.9 Å². The van der Waals surface area contributed by atoms with Crippen LogP contribution in [0.1, 0.15) is 10.4 Å². The van der Waals surface area contributed by atoms with Crippen LogP contribution in [0.2, 0.25) is 0 Å². The summed E-state index contributed by atoms with van der Waals surface area (Å²) >= 11 is 0. The number of para-hydroxylation sites is 1. The number of amides is 1. The maximum absolute atomic E-state index is 13.7. The highest BCUT2D eigenvalue weighted by atomic mass is 19.1. The Bertz CT molecular complexity index is 1230. The van der Waals surface area contributed by atoms with Gasteiger partial charge in [-0.3, -0.25) is 4.79 Å². The number of fused-ring (bicyclic) bond motifs is 3. The van der Waals surface area contributed by atoms with E-state index >= 15 is 0 Å². The molecule has 0 aliphatic rings. The van der Waals surface area contributed by atoms with Gasteiger partial charge in [0.25, 0.3) is 5.91 Å². The van der Waals surface area contributed by atoms with Gasteiger partial charge in [-0.1, -0.05) is 18.2 Å². The third kappa shape index (κ3) is 3.75. The van der Waals surface area contributed by atoms with Gasteiger partial charge in [0.15, 0.2) is 18.2 Å². The first-order valence-corrected chi connectivity index (χ1v) is 8.77. The van der Waals surface area contributed by atoms with Crippen LogP contribution >= 0.6 is 0 Å². The van der Waals surface area contributed by atoms with Crippen LogP contribution in [-0.4, -0.2) is 25.6 Å². The molecule has 4 rings (SSSR count). The van der Waals surface area contributed by atoms with E-state index in [9.17, 15) is 14.0 Å². The minimum absolute atomic E-state index is 0.0117. The summed E-state index contributed by atoms with van der Waals surface area (Å²) in [5, 5.41) is 4.47. The van der Waals surface area contributed by atoms with Crippen molar-refractivity contribution in [2.75, 3.05) is 19.0 Å². The van der Waals surface area contributed by atoms with Gasteiger partial charge in [-0.05, 0) is 42.5 Å². The molecule has 146 valence electrons. The van der Waals surface area contributed by atoms with Gasteiger partial charge < -0.3 is 19.2 Å². The zero-order chi connectivity index (χ0) is 20.4. The Morgan fingerprint density at radius 3 is 2.59 bits per heavy atom. The van der Waals surface area contributed by atoms with Crippen LogP contribution in [0.3, 0.4) is 0 Å². The third-order valence-electron chi connectivity index (χ3n) is 4.38. The topological polar surface area (TPSA) is 77.8 Å². The van der Waals surface area contributed by atoms with E-state index in [1.165, 1.54) is 19.2 Å². The molecule has 7 heteroatoms. The van der Waals surface area contributed by atoms with E-state index in [1.807, 2.05) is 24.3 Å². The molecule has 1 heterocycles. The Hall–Kier alpha value is -3.87. The van der Waals surface area contributed by atoms with Gasteiger partial charge in [-0.25, -0.2) is 9.18 Å². The minimum atomic E-state index is -0.807. The van der Waals surface area contributed by atoms with Gasteiger partial charge in [-0.15, -0.1) is 0 Å². The quantitative estimate of drug-likeness (QED) is 0.504. The van der Waals surface area contributed by atoms with Crippen LogP contribution in [-0.2, 0) is 9.53 Å².